The van der Waals surface area contributed by atoms with Gasteiger partial charge in [-0.15, -0.1) is 0 Å². The highest BCUT2D eigenvalue weighted by Gasteiger charge is 2.38. The van der Waals surface area contributed by atoms with Gasteiger partial charge in [-0.1, -0.05) is 23.6 Å². The smallest absolute Gasteiger partial charge is 0.358 e. The Morgan fingerprint density at radius 2 is 1.64 bits per heavy atom. The van der Waals surface area contributed by atoms with Crippen LogP contribution in [-0.2, 0) is 17.7 Å². The van der Waals surface area contributed by atoms with E-state index >= 15 is 0 Å². The van der Waals surface area contributed by atoms with Gasteiger partial charge in [0.25, 0.3) is 11.8 Å². The van der Waals surface area contributed by atoms with Crippen molar-refractivity contribution < 1.29 is 19.2 Å². The van der Waals surface area contributed by atoms with Crippen LogP contribution in [0.15, 0.2) is 42.5 Å². The van der Waals surface area contributed by atoms with Crippen LogP contribution in [0.25, 0.3) is 10.9 Å². The van der Waals surface area contributed by atoms with Crippen molar-refractivity contribution in [2.75, 3.05) is 0 Å². The number of hydroxylamine groups is 2. The molecule has 6 nitrogen and oxygen atoms in total. The lowest BCUT2D eigenvalue weighted by Crippen LogP contribution is -2.32. The van der Waals surface area contributed by atoms with E-state index in [0.717, 1.165) is 36.6 Å². The Labute approximate surface area is 161 Å². The van der Waals surface area contributed by atoms with E-state index < -0.39 is 17.8 Å². The van der Waals surface area contributed by atoms with Gasteiger partial charge in [-0.3, -0.25) is 9.59 Å². The fourth-order valence-corrected chi connectivity index (χ4v) is 4.10. The second-order valence-electron chi connectivity index (χ2n) is 7.23. The maximum atomic E-state index is 12.7. The number of benzene rings is 2. The van der Waals surface area contributed by atoms with Gasteiger partial charge in [0, 0.05) is 16.6 Å². The Morgan fingerprint density at radius 3 is 2.39 bits per heavy atom. The molecule has 0 fully saturated rings. The molecule has 0 radical (unpaired) electrons. The Hall–Kier alpha value is -3.41. The van der Waals surface area contributed by atoms with Gasteiger partial charge in [-0.25, -0.2) is 4.79 Å². The second-order valence-corrected chi connectivity index (χ2v) is 7.23. The van der Waals surface area contributed by atoms with E-state index in [4.69, 9.17) is 4.84 Å². The molecule has 28 heavy (non-hydrogen) atoms. The molecule has 1 N–H and O–H groups in total. The van der Waals surface area contributed by atoms with Crippen molar-refractivity contribution in [3.8, 4) is 0 Å². The van der Waals surface area contributed by atoms with Crippen LogP contribution in [0.5, 0.6) is 0 Å². The Morgan fingerprint density at radius 1 is 0.929 bits per heavy atom. The van der Waals surface area contributed by atoms with Crippen molar-refractivity contribution in [1.29, 1.82) is 0 Å². The number of aromatic nitrogens is 1. The molecule has 1 aliphatic carbocycles. The summed E-state index contributed by atoms with van der Waals surface area (Å²) in [5.74, 6) is -1.96. The van der Waals surface area contributed by atoms with Crippen molar-refractivity contribution in [3.63, 3.8) is 0 Å². The molecule has 2 heterocycles. The summed E-state index contributed by atoms with van der Waals surface area (Å²) < 4.78 is 0. The van der Waals surface area contributed by atoms with E-state index in [1.165, 1.54) is 17.7 Å². The minimum absolute atomic E-state index is 0.242. The predicted octanol–water partition coefficient (Wildman–Crippen LogP) is 3.80. The van der Waals surface area contributed by atoms with Gasteiger partial charge in [-0.2, -0.15) is 0 Å². The topological polar surface area (TPSA) is 79.5 Å². The molecule has 3 aromatic rings. The van der Waals surface area contributed by atoms with Gasteiger partial charge in [0.2, 0.25) is 0 Å². The number of carbonyl (C=O) groups excluding carboxylic acids is 3. The highest BCUT2D eigenvalue weighted by atomic mass is 16.7. The molecule has 0 saturated heterocycles. The van der Waals surface area contributed by atoms with Gasteiger partial charge in [0.15, 0.2) is 0 Å². The van der Waals surface area contributed by atoms with Crippen LogP contribution >= 0.6 is 0 Å². The molecular weight excluding hydrogens is 356 g/mol. The lowest BCUT2D eigenvalue weighted by atomic mass is 10.0. The highest BCUT2D eigenvalue weighted by molar-refractivity contribution is 6.21. The largest absolute Gasteiger partial charge is 0.363 e. The third kappa shape index (κ3) is 2.52. The number of amides is 2. The molecule has 2 aliphatic rings. The summed E-state index contributed by atoms with van der Waals surface area (Å²) in [5.41, 5.74) is 4.28. The molecule has 1 aromatic heterocycles. The van der Waals surface area contributed by atoms with Crippen molar-refractivity contribution in [3.05, 3.63) is 70.4 Å². The predicted molar refractivity (Wildman–Crippen MR) is 102 cm³/mol. The molecule has 2 aromatic carbocycles. The fourth-order valence-electron chi connectivity index (χ4n) is 4.10. The number of carbonyl (C=O) groups is 3. The average Bonchev–Trinajstić information content (AvgIpc) is 3.05. The number of aryl methyl sites for hydroxylation is 2. The molecule has 2 amide bonds. The van der Waals surface area contributed by atoms with Gasteiger partial charge in [0.05, 0.1) is 16.7 Å². The molecule has 0 unspecified atom stereocenters. The Bertz CT molecular complexity index is 1110. The van der Waals surface area contributed by atoms with E-state index in [0.29, 0.717) is 10.6 Å². The van der Waals surface area contributed by atoms with Crippen LogP contribution in [0, 0.1) is 0 Å². The molecule has 1 aliphatic heterocycles. The van der Waals surface area contributed by atoms with E-state index in [2.05, 4.69) is 4.98 Å². The van der Waals surface area contributed by atoms with Gasteiger partial charge in [-0.05, 0) is 61.6 Å². The van der Waals surface area contributed by atoms with E-state index in [1.54, 1.807) is 36.4 Å². The van der Waals surface area contributed by atoms with Gasteiger partial charge < -0.3 is 9.82 Å². The summed E-state index contributed by atoms with van der Waals surface area (Å²) in [6.07, 6.45) is 5.48. The summed E-state index contributed by atoms with van der Waals surface area (Å²) in [6.45, 7) is 0. The lowest BCUT2D eigenvalue weighted by molar-refractivity contribution is -0.0584. The monoisotopic (exact) mass is 374 g/mol. The number of nitrogens with one attached hydrogen (secondary N) is 1. The molecule has 5 rings (SSSR count). The highest BCUT2D eigenvalue weighted by Crippen LogP contribution is 2.30. The van der Waals surface area contributed by atoms with E-state index in [-0.39, 0.29) is 11.1 Å². The third-order valence-electron chi connectivity index (χ3n) is 5.51. The summed E-state index contributed by atoms with van der Waals surface area (Å²) in [7, 11) is 0. The molecule has 140 valence electrons. The molecule has 0 atom stereocenters. The van der Waals surface area contributed by atoms with Crippen molar-refractivity contribution in [1.82, 2.24) is 10.0 Å². The van der Waals surface area contributed by atoms with Crippen molar-refractivity contribution in [2.24, 2.45) is 0 Å². The lowest BCUT2D eigenvalue weighted by Gasteiger charge is -2.12. The molecule has 0 bridgehead atoms. The average molecular weight is 374 g/mol. The van der Waals surface area contributed by atoms with Crippen LogP contribution in [0.3, 0.4) is 0 Å². The van der Waals surface area contributed by atoms with Crippen molar-refractivity contribution >= 4 is 28.7 Å². The first-order chi connectivity index (χ1) is 13.6. The Balaban J connectivity index is 1.45. The van der Waals surface area contributed by atoms with E-state index in [1.807, 2.05) is 6.07 Å². The van der Waals surface area contributed by atoms with Gasteiger partial charge >= 0.3 is 5.97 Å². The molecule has 0 spiro atoms. The summed E-state index contributed by atoms with van der Waals surface area (Å²) in [6, 6.07) is 11.7. The quantitative estimate of drug-likeness (QED) is 0.546. The van der Waals surface area contributed by atoms with Crippen LogP contribution < -0.4 is 0 Å². The number of rotatable bonds is 2. The van der Waals surface area contributed by atoms with Crippen LogP contribution in [-0.4, -0.2) is 27.8 Å². The van der Waals surface area contributed by atoms with Crippen LogP contribution in [0.4, 0.5) is 0 Å². The second kappa shape index (κ2) is 6.34. The normalized spacial score (nSPS) is 16.1. The number of nitrogens with zero attached hydrogens (tertiary/aromatic N) is 1. The SMILES string of the molecule is O=C(ON1C(=O)c2ccccc2C1=O)c1ccc2[nH]c3c(c2c1)CCCCC3. The number of aromatic amines is 1. The number of imide groups is 1. The fraction of sp³-hybridized carbons (Fsp3) is 0.227. The number of hydrogen-bond donors (Lipinski definition) is 1. The zero-order valence-corrected chi connectivity index (χ0v) is 15.2. The first-order valence-corrected chi connectivity index (χ1v) is 9.47. The number of hydrogen-bond acceptors (Lipinski definition) is 4. The maximum absolute atomic E-state index is 12.7. The first kappa shape index (κ1) is 16.7. The molecule has 0 saturated carbocycles. The number of fused-ring (bicyclic) bond motifs is 4. The van der Waals surface area contributed by atoms with E-state index in [9.17, 15) is 14.4 Å². The minimum Gasteiger partial charge on any atom is -0.358 e. The first-order valence-electron chi connectivity index (χ1n) is 9.47. The zero-order valence-electron chi connectivity index (χ0n) is 15.2. The summed E-state index contributed by atoms with van der Waals surface area (Å²) >= 11 is 0. The van der Waals surface area contributed by atoms with Crippen molar-refractivity contribution in [2.45, 2.75) is 32.1 Å². The maximum Gasteiger partial charge on any atom is 0.363 e. The minimum atomic E-state index is -0.722. The zero-order chi connectivity index (χ0) is 19.3. The van der Waals surface area contributed by atoms with Crippen LogP contribution in [0.2, 0.25) is 0 Å². The van der Waals surface area contributed by atoms with Crippen LogP contribution in [0.1, 0.15) is 61.6 Å². The summed E-state index contributed by atoms with van der Waals surface area (Å²) in [5, 5.41) is 1.56. The standard InChI is InChI=1S/C22H18N2O4/c25-20-15-7-4-5-8-16(15)21(26)24(20)28-22(27)13-10-11-19-17(12-13)14-6-2-1-3-9-18(14)23-19/h4-5,7-8,10-12,23H,1-3,6,9H2. The third-order valence-corrected chi connectivity index (χ3v) is 5.51. The molecule has 6 heteroatoms. The number of H-pyrrole nitrogens is 1. The summed E-state index contributed by atoms with van der Waals surface area (Å²) in [4.78, 5) is 46.1. The van der Waals surface area contributed by atoms with Gasteiger partial charge in [0.1, 0.15) is 0 Å². The molecular formula is C22H18N2O4. The Kier molecular flexibility index (Phi) is 3.79.